The third-order valence-electron chi connectivity index (χ3n) is 2.53. The molecular formula is C12H10N4OS3. The standard InChI is InChI=1S/C12H10N4OS3/c1-18-11-14-15-12(20-11)19-7-8-6-10(17)16-5-3-2-4-9(16)13-8/h2-6H,7H2,1H3. The van der Waals surface area contributed by atoms with Crippen LogP contribution in [0.25, 0.3) is 5.65 Å². The van der Waals surface area contributed by atoms with E-state index in [4.69, 9.17) is 0 Å². The summed E-state index contributed by atoms with van der Waals surface area (Å²) in [6.07, 6.45) is 3.69. The van der Waals surface area contributed by atoms with Gasteiger partial charge in [-0.15, -0.1) is 10.2 Å². The maximum absolute atomic E-state index is 11.9. The largest absolute Gasteiger partial charge is 0.269 e. The molecule has 0 N–H and O–H groups in total. The first-order valence-electron chi connectivity index (χ1n) is 5.74. The van der Waals surface area contributed by atoms with Gasteiger partial charge in [-0.05, 0) is 18.4 Å². The fourth-order valence-corrected chi connectivity index (χ4v) is 3.98. The summed E-state index contributed by atoms with van der Waals surface area (Å²) in [5.41, 5.74) is 1.36. The molecule has 0 bridgehead atoms. The summed E-state index contributed by atoms with van der Waals surface area (Å²) < 4.78 is 3.37. The van der Waals surface area contributed by atoms with Crippen LogP contribution in [-0.2, 0) is 5.75 Å². The Balaban J connectivity index is 1.82. The van der Waals surface area contributed by atoms with Crippen molar-refractivity contribution in [1.29, 1.82) is 0 Å². The molecule has 8 heteroatoms. The lowest BCUT2D eigenvalue weighted by Crippen LogP contribution is -2.14. The van der Waals surface area contributed by atoms with E-state index in [0.29, 0.717) is 11.4 Å². The van der Waals surface area contributed by atoms with Crippen molar-refractivity contribution in [1.82, 2.24) is 19.6 Å². The minimum Gasteiger partial charge on any atom is -0.269 e. The molecule has 0 saturated heterocycles. The molecule has 0 radical (unpaired) electrons. The van der Waals surface area contributed by atoms with Crippen LogP contribution < -0.4 is 5.56 Å². The fourth-order valence-electron chi connectivity index (χ4n) is 1.65. The smallest absolute Gasteiger partial charge is 0.258 e. The van der Waals surface area contributed by atoms with Crippen LogP contribution in [0.5, 0.6) is 0 Å². The maximum atomic E-state index is 11.9. The van der Waals surface area contributed by atoms with Crippen LogP contribution in [0.3, 0.4) is 0 Å². The molecule has 102 valence electrons. The number of thioether (sulfide) groups is 2. The van der Waals surface area contributed by atoms with E-state index in [9.17, 15) is 4.79 Å². The molecular weight excluding hydrogens is 312 g/mol. The van der Waals surface area contributed by atoms with Gasteiger partial charge in [0.25, 0.3) is 5.56 Å². The Morgan fingerprint density at radius 3 is 2.95 bits per heavy atom. The monoisotopic (exact) mass is 322 g/mol. The van der Waals surface area contributed by atoms with Crippen LogP contribution >= 0.6 is 34.9 Å². The SMILES string of the molecule is CSc1nnc(SCc2cc(=O)n3ccccc3n2)s1. The molecule has 3 rings (SSSR count). The van der Waals surface area contributed by atoms with Gasteiger partial charge in [-0.2, -0.15) is 0 Å². The Hall–Kier alpha value is -1.38. The van der Waals surface area contributed by atoms with Gasteiger partial charge in [-0.1, -0.05) is 40.9 Å². The van der Waals surface area contributed by atoms with Crippen molar-refractivity contribution in [3.8, 4) is 0 Å². The lowest BCUT2D eigenvalue weighted by molar-refractivity contribution is 0.954. The molecule has 0 fully saturated rings. The van der Waals surface area contributed by atoms with E-state index in [0.717, 1.165) is 14.4 Å². The lowest BCUT2D eigenvalue weighted by atomic mass is 10.4. The van der Waals surface area contributed by atoms with Gasteiger partial charge in [0.2, 0.25) is 0 Å². The van der Waals surface area contributed by atoms with Crippen LogP contribution in [0.2, 0.25) is 0 Å². The van der Waals surface area contributed by atoms with Crippen LogP contribution in [0, 0.1) is 0 Å². The summed E-state index contributed by atoms with van der Waals surface area (Å²) in [7, 11) is 0. The number of aromatic nitrogens is 4. The van der Waals surface area contributed by atoms with Gasteiger partial charge in [-0.3, -0.25) is 9.20 Å². The zero-order valence-corrected chi connectivity index (χ0v) is 13.0. The van der Waals surface area contributed by atoms with Crippen molar-refractivity contribution < 1.29 is 0 Å². The molecule has 20 heavy (non-hydrogen) atoms. The Kier molecular flexibility index (Phi) is 4.04. The van der Waals surface area contributed by atoms with E-state index >= 15 is 0 Å². The third kappa shape index (κ3) is 2.87. The molecule has 3 aromatic heterocycles. The number of hydrogen-bond acceptors (Lipinski definition) is 7. The van der Waals surface area contributed by atoms with Crippen molar-refractivity contribution in [3.63, 3.8) is 0 Å². The topological polar surface area (TPSA) is 60.2 Å². The maximum Gasteiger partial charge on any atom is 0.258 e. The Labute approximate surface area is 127 Å². The molecule has 5 nitrogen and oxygen atoms in total. The Bertz CT molecular complexity index is 798. The number of rotatable bonds is 4. The predicted molar refractivity (Wildman–Crippen MR) is 82.7 cm³/mol. The van der Waals surface area contributed by atoms with Crippen molar-refractivity contribution in [2.45, 2.75) is 14.4 Å². The van der Waals surface area contributed by atoms with Crippen LogP contribution in [-0.4, -0.2) is 25.8 Å². The molecule has 3 heterocycles. The first kappa shape index (κ1) is 13.6. The molecule has 0 aliphatic carbocycles. The van der Waals surface area contributed by atoms with Crippen LogP contribution in [0.15, 0.2) is 43.9 Å². The quantitative estimate of drug-likeness (QED) is 0.688. The van der Waals surface area contributed by atoms with Crippen LogP contribution in [0.4, 0.5) is 0 Å². The van der Waals surface area contributed by atoms with Crippen molar-refractivity contribution in [2.75, 3.05) is 6.26 Å². The molecule has 0 amide bonds. The zero-order valence-electron chi connectivity index (χ0n) is 10.5. The van der Waals surface area contributed by atoms with Gasteiger partial charge in [0, 0.05) is 18.0 Å². The summed E-state index contributed by atoms with van der Waals surface area (Å²) in [5, 5.41) is 8.13. The summed E-state index contributed by atoms with van der Waals surface area (Å²) in [5.74, 6) is 0.615. The van der Waals surface area contributed by atoms with Gasteiger partial charge < -0.3 is 0 Å². The molecule has 3 aromatic rings. The fraction of sp³-hybridized carbons (Fsp3) is 0.167. The van der Waals surface area contributed by atoms with E-state index in [1.54, 1.807) is 47.1 Å². The molecule has 0 atom stereocenters. The minimum absolute atomic E-state index is 0.0618. The van der Waals surface area contributed by atoms with Gasteiger partial charge in [0.1, 0.15) is 5.65 Å². The summed E-state index contributed by atoms with van der Waals surface area (Å²) in [6.45, 7) is 0. The molecule has 0 aliphatic rings. The second kappa shape index (κ2) is 5.94. The first-order valence-corrected chi connectivity index (χ1v) is 8.76. The highest BCUT2D eigenvalue weighted by Gasteiger charge is 2.06. The van der Waals surface area contributed by atoms with Crippen molar-refractivity contribution in [2.24, 2.45) is 0 Å². The Morgan fingerprint density at radius 1 is 1.30 bits per heavy atom. The number of fused-ring (bicyclic) bond motifs is 1. The van der Waals surface area contributed by atoms with Gasteiger partial charge in [0.15, 0.2) is 8.68 Å². The van der Waals surface area contributed by atoms with Crippen LogP contribution in [0.1, 0.15) is 5.69 Å². The lowest BCUT2D eigenvalue weighted by Gasteiger charge is -2.02. The summed E-state index contributed by atoms with van der Waals surface area (Å²) >= 11 is 4.68. The van der Waals surface area contributed by atoms with Gasteiger partial charge in [0.05, 0.1) is 5.69 Å². The second-order valence-corrected chi connectivity index (χ2v) is 7.09. The van der Waals surface area contributed by atoms with E-state index < -0.39 is 0 Å². The highest BCUT2D eigenvalue weighted by atomic mass is 32.2. The normalized spacial score (nSPS) is 11.1. The van der Waals surface area contributed by atoms with E-state index in [1.165, 1.54) is 4.40 Å². The highest BCUT2D eigenvalue weighted by molar-refractivity contribution is 8.02. The molecule has 0 aromatic carbocycles. The van der Waals surface area contributed by atoms with E-state index in [2.05, 4.69) is 15.2 Å². The molecule has 0 unspecified atom stereocenters. The predicted octanol–water partition coefficient (Wildman–Crippen LogP) is 2.56. The average Bonchev–Trinajstić information content (AvgIpc) is 2.93. The number of nitrogens with zero attached hydrogens (tertiary/aromatic N) is 4. The molecule has 0 spiro atoms. The minimum atomic E-state index is -0.0618. The first-order chi connectivity index (χ1) is 9.76. The Morgan fingerprint density at radius 2 is 2.15 bits per heavy atom. The average molecular weight is 322 g/mol. The second-order valence-electron chi connectivity index (χ2n) is 3.84. The molecule has 0 saturated carbocycles. The van der Waals surface area contributed by atoms with E-state index in [1.807, 2.05) is 24.5 Å². The summed E-state index contributed by atoms with van der Waals surface area (Å²) in [4.78, 5) is 16.4. The van der Waals surface area contributed by atoms with Crippen molar-refractivity contribution in [3.05, 3.63) is 46.5 Å². The third-order valence-corrected chi connectivity index (χ3v) is 5.60. The van der Waals surface area contributed by atoms with Gasteiger partial charge >= 0.3 is 0 Å². The van der Waals surface area contributed by atoms with Gasteiger partial charge in [-0.25, -0.2) is 4.98 Å². The number of hydrogen-bond donors (Lipinski definition) is 0. The summed E-state index contributed by atoms with van der Waals surface area (Å²) in [6, 6.07) is 7.08. The highest BCUT2D eigenvalue weighted by Crippen LogP contribution is 2.28. The van der Waals surface area contributed by atoms with Crippen molar-refractivity contribution >= 4 is 40.5 Å². The molecule has 0 aliphatic heterocycles. The van der Waals surface area contributed by atoms with E-state index in [-0.39, 0.29) is 5.56 Å². The number of pyridine rings is 1. The zero-order chi connectivity index (χ0) is 13.9.